The van der Waals surface area contributed by atoms with E-state index in [-0.39, 0.29) is 33.9 Å². The van der Waals surface area contributed by atoms with E-state index in [1.807, 2.05) is 6.07 Å². The average molecular weight is 486 g/mol. The zero-order valence-electron chi connectivity index (χ0n) is 16.6. The highest BCUT2D eigenvalue weighted by Gasteiger charge is 2.50. The summed E-state index contributed by atoms with van der Waals surface area (Å²) >= 11 is 12.1. The van der Waals surface area contributed by atoms with Gasteiger partial charge in [-0.15, -0.1) is 0 Å². The predicted molar refractivity (Wildman–Crippen MR) is 116 cm³/mol. The highest BCUT2D eigenvalue weighted by atomic mass is 35.5. The third-order valence-corrected chi connectivity index (χ3v) is 8.24. The molecule has 2 saturated heterocycles. The van der Waals surface area contributed by atoms with Gasteiger partial charge in [-0.3, -0.25) is 14.2 Å². The summed E-state index contributed by atoms with van der Waals surface area (Å²) in [6, 6.07) is 7.91. The molecule has 0 N–H and O–H groups in total. The Balaban J connectivity index is 1.75. The van der Waals surface area contributed by atoms with Gasteiger partial charge in [0.15, 0.2) is 0 Å². The molecule has 10 heteroatoms. The molecule has 2 bridgehead atoms. The number of nitrogens with zero attached hydrogens (tertiary/aromatic N) is 3. The number of halogens is 3. The van der Waals surface area contributed by atoms with Crippen molar-refractivity contribution in [1.82, 2.24) is 14.2 Å². The predicted octanol–water partition coefficient (Wildman–Crippen LogP) is 3.93. The van der Waals surface area contributed by atoms with Gasteiger partial charge in [-0.2, -0.15) is 4.31 Å². The number of carbonyl (C=O) groups excluding carboxylic acids is 1. The number of sulfonamides is 1. The van der Waals surface area contributed by atoms with Gasteiger partial charge in [0.2, 0.25) is 15.9 Å². The van der Waals surface area contributed by atoms with Gasteiger partial charge in [-0.1, -0.05) is 29.3 Å². The molecule has 6 nitrogen and oxygen atoms in total. The van der Waals surface area contributed by atoms with E-state index in [1.54, 1.807) is 18.3 Å². The van der Waals surface area contributed by atoms with Crippen LogP contribution >= 0.6 is 23.2 Å². The van der Waals surface area contributed by atoms with Crippen molar-refractivity contribution in [1.29, 1.82) is 0 Å². The van der Waals surface area contributed by atoms with E-state index < -0.39 is 34.7 Å². The Hall–Kier alpha value is -1.74. The first-order valence-corrected chi connectivity index (χ1v) is 12.2. The van der Waals surface area contributed by atoms with Crippen LogP contribution in [0.15, 0.2) is 47.5 Å². The second kappa shape index (κ2) is 9.02. The standard InChI is InChI=1S/C21H22Cl2FN3O3S/c22-15-8-16(23)10-18(9-15)31(29,30)27-19-5-3-6-20(27)21(28)26(12-14(19)11-24)13-17-4-1-2-7-25-17/h1-2,4,7-10,14,19-20H,3,5-6,11-13H2/t14-,19?,20?/m0/s1. The molecule has 1 amide bonds. The fourth-order valence-corrected chi connectivity index (χ4v) is 7.13. The number of amides is 1. The van der Waals surface area contributed by atoms with Crippen molar-refractivity contribution in [3.8, 4) is 0 Å². The zero-order valence-corrected chi connectivity index (χ0v) is 19.0. The van der Waals surface area contributed by atoms with Gasteiger partial charge in [-0.05, 0) is 49.6 Å². The van der Waals surface area contributed by atoms with E-state index in [1.165, 1.54) is 27.4 Å². The van der Waals surface area contributed by atoms with Crippen molar-refractivity contribution < 1.29 is 17.6 Å². The fourth-order valence-electron chi connectivity index (χ4n) is 4.51. The second-order valence-corrected chi connectivity index (χ2v) is 10.6. The Labute approximate surface area is 191 Å². The van der Waals surface area contributed by atoms with Gasteiger partial charge in [0.1, 0.15) is 6.04 Å². The lowest BCUT2D eigenvalue weighted by atomic mass is 9.91. The number of fused-ring (bicyclic) bond motifs is 2. The maximum absolute atomic E-state index is 14.2. The molecule has 2 aromatic rings. The molecular weight excluding hydrogens is 464 g/mol. The molecule has 2 unspecified atom stereocenters. The summed E-state index contributed by atoms with van der Waals surface area (Å²) in [5.41, 5.74) is 0.668. The Bertz CT molecular complexity index is 1050. The van der Waals surface area contributed by atoms with Crippen molar-refractivity contribution in [2.75, 3.05) is 13.2 Å². The molecule has 3 atom stereocenters. The summed E-state index contributed by atoms with van der Waals surface area (Å²) in [6.07, 6.45) is 3.14. The average Bonchev–Trinajstić information content (AvgIpc) is 2.81. The monoisotopic (exact) mass is 485 g/mol. The zero-order chi connectivity index (χ0) is 22.2. The fraction of sp³-hybridized carbons (Fsp3) is 0.429. The van der Waals surface area contributed by atoms with Crippen LogP contribution in [0.2, 0.25) is 10.0 Å². The van der Waals surface area contributed by atoms with Crippen LogP contribution in [-0.2, 0) is 21.4 Å². The van der Waals surface area contributed by atoms with Crippen LogP contribution in [0.4, 0.5) is 4.39 Å². The molecule has 0 aliphatic carbocycles. The van der Waals surface area contributed by atoms with Gasteiger partial charge >= 0.3 is 0 Å². The number of benzene rings is 1. The van der Waals surface area contributed by atoms with Crippen LogP contribution < -0.4 is 0 Å². The second-order valence-electron chi connectivity index (χ2n) is 7.91. The lowest BCUT2D eigenvalue weighted by Crippen LogP contribution is -2.54. The molecule has 0 radical (unpaired) electrons. The van der Waals surface area contributed by atoms with Gasteiger partial charge in [0.25, 0.3) is 0 Å². The maximum Gasteiger partial charge on any atom is 0.244 e. The summed E-state index contributed by atoms with van der Waals surface area (Å²) in [5.74, 6) is -0.967. The molecule has 3 heterocycles. The maximum atomic E-state index is 14.2. The van der Waals surface area contributed by atoms with E-state index >= 15 is 0 Å². The van der Waals surface area contributed by atoms with E-state index in [2.05, 4.69) is 4.98 Å². The molecule has 31 heavy (non-hydrogen) atoms. The molecule has 0 spiro atoms. The number of carbonyl (C=O) groups is 1. The highest BCUT2D eigenvalue weighted by molar-refractivity contribution is 7.89. The van der Waals surface area contributed by atoms with Crippen LogP contribution in [0.25, 0.3) is 0 Å². The number of aromatic nitrogens is 1. The molecule has 1 aromatic heterocycles. The Morgan fingerprint density at radius 2 is 1.87 bits per heavy atom. The van der Waals surface area contributed by atoms with Gasteiger partial charge < -0.3 is 4.90 Å². The lowest BCUT2D eigenvalue weighted by Gasteiger charge is -2.40. The van der Waals surface area contributed by atoms with E-state index in [4.69, 9.17) is 23.2 Å². The number of rotatable bonds is 5. The molecule has 2 aliphatic rings. The lowest BCUT2D eigenvalue weighted by molar-refractivity contribution is -0.135. The number of hydrogen-bond donors (Lipinski definition) is 0. The van der Waals surface area contributed by atoms with Gasteiger partial charge in [0.05, 0.1) is 23.8 Å². The largest absolute Gasteiger partial charge is 0.335 e. The summed E-state index contributed by atoms with van der Waals surface area (Å²) < 4.78 is 42.6. The van der Waals surface area contributed by atoms with Crippen molar-refractivity contribution in [3.63, 3.8) is 0 Å². The van der Waals surface area contributed by atoms with Crippen molar-refractivity contribution >= 4 is 39.1 Å². The topological polar surface area (TPSA) is 70.6 Å². The Morgan fingerprint density at radius 3 is 2.52 bits per heavy atom. The summed E-state index contributed by atoms with van der Waals surface area (Å²) in [6.45, 7) is -0.391. The van der Waals surface area contributed by atoms with E-state index in [0.717, 1.165) is 0 Å². The summed E-state index contributed by atoms with van der Waals surface area (Å²) in [4.78, 5) is 19.2. The van der Waals surface area contributed by atoms with Crippen LogP contribution in [0, 0.1) is 5.92 Å². The third kappa shape index (κ3) is 4.44. The number of alkyl halides is 1. The van der Waals surface area contributed by atoms with Crippen LogP contribution in [-0.4, -0.2) is 53.8 Å². The third-order valence-electron chi connectivity index (χ3n) is 5.90. The first kappa shape index (κ1) is 22.5. The number of piperidine rings is 1. The minimum Gasteiger partial charge on any atom is -0.335 e. The van der Waals surface area contributed by atoms with Crippen molar-refractivity contribution in [2.45, 2.75) is 42.8 Å². The van der Waals surface area contributed by atoms with Gasteiger partial charge in [-0.25, -0.2) is 8.42 Å². The normalized spacial score (nSPS) is 24.8. The van der Waals surface area contributed by atoms with Gasteiger partial charge in [0, 0.05) is 34.7 Å². The molecule has 166 valence electrons. The van der Waals surface area contributed by atoms with Crippen molar-refractivity contribution in [2.24, 2.45) is 5.92 Å². The molecule has 1 aromatic carbocycles. The minimum absolute atomic E-state index is 0.0921. The summed E-state index contributed by atoms with van der Waals surface area (Å²) in [7, 11) is -4.13. The molecular formula is C21H22Cl2FN3O3S. The Kier molecular flexibility index (Phi) is 6.53. The first-order valence-electron chi connectivity index (χ1n) is 10.1. The molecule has 2 fully saturated rings. The molecule has 0 saturated carbocycles. The number of hydrogen-bond acceptors (Lipinski definition) is 4. The molecule has 2 aliphatic heterocycles. The SMILES string of the molecule is O=C1C2CCCC([C@@H](CF)CN1Cc1ccccn1)N2S(=O)(=O)c1cc(Cl)cc(Cl)c1. The minimum atomic E-state index is -4.13. The highest BCUT2D eigenvalue weighted by Crippen LogP contribution is 2.38. The summed E-state index contributed by atoms with van der Waals surface area (Å²) in [5, 5.41) is 0.354. The Morgan fingerprint density at radius 1 is 1.13 bits per heavy atom. The van der Waals surface area contributed by atoms with Crippen LogP contribution in [0.1, 0.15) is 25.0 Å². The number of pyridine rings is 1. The van der Waals surface area contributed by atoms with Crippen LogP contribution in [0.5, 0.6) is 0 Å². The van der Waals surface area contributed by atoms with E-state index in [0.29, 0.717) is 25.0 Å². The quantitative estimate of drug-likeness (QED) is 0.643. The smallest absolute Gasteiger partial charge is 0.244 e. The first-order chi connectivity index (χ1) is 14.8. The molecule has 4 rings (SSSR count). The van der Waals surface area contributed by atoms with Crippen LogP contribution in [0.3, 0.4) is 0 Å². The van der Waals surface area contributed by atoms with E-state index in [9.17, 15) is 17.6 Å². The van der Waals surface area contributed by atoms with Crippen molar-refractivity contribution in [3.05, 3.63) is 58.3 Å².